The number of pyridine rings is 1. The molecule has 2 heterocycles. The number of nitrogens with zero attached hydrogens (tertiary/aromatic N) is 2. The number of aryl methyl sites for hydroxylation is 1. The largest absolute Gasteiger partial charge is 0.297 e. The van der Waals surface area contributed by atoms with Crippen LogP contribution in [-0.2, 0) is 0 Å². The molecular formula is C11H12BN2O. The van der Waals surface area contributed by atoms with Crippen LogP contribution in [0.3, 0.4) is 0 Å². The first-order valence-corrected chi connectivity index (χ1v) is 4.98. The van der Waals surface area contributed by atoms with Crippen molar-refractivity contribution in [2.75, 3.05) is 0 Å². The SMILES string of the molecule is C[B]CC(=O)c1c(C)nc2ccccn12. The molecule has 75 valence electrons. The van der Waals surface area contributed by atoms with Gasteiger partial charge in [0.2, 0.25) is 0 Å². The third kappa shape index (κ3) is 1.67. The summed E-state index contributed by atoms with van der Waals surface area (Å²) < 4.78 is 1.85. The molecule has 2 aromatic rings. The second-order valence-corrected chi connectivity index (χ2v) is 3.51. The summed E-state index contributed by atoms with van der Waals surface area (Å²) in [6.45, 7) is 3.76. The van der Waals surface area contributed by atoms with E-state index < -0.39 is 0 Å². The highest BCUT2D eigenvalue weighted by atomic mass is 16.1. The molecule has 0 unspecified atom stereocenters. The Kier molecular flexibility index (Phi) is 2.58. The number of hydrogen-bond acceptors (Lipinski definition) is 2. The normalized spacial score (nSPS) is 10.5. The molecule has 2 aromatic heterocycles. The van der Waals surface area contributed by atoms with Gasteiger partial charge in [0.25, 0.3) is 0 Å². The van der Waals surface area contributed by atoms with E-state index in [4.69, 9.17) is 0 Å². The van der Waals surface area contributed by atoms with Crippen molar-refractivity contribution in [3.8, 4) is 0 Å². The summed E-state index contributed by atoms with van der Waals surface area (Å²) in [5.74, 6) is 0.119. The highest BCUT2D eigenvalue weighted by Gasteiger charge is 2.14. The van der Waals surface area contributed by atoms with Crippen molar-refractivity contribution in [3.05, 3.63) is 35.8 Å². The van der Waals surface area contributed by atoms with Gasteiger partial charge >= 0.3 is 0 Å². The fourth-order valence-electron chi connectivity index (χ4n) is 1.73. The zero-order chi connectivity index (χ0) is 10.8. The van der Waals surface area contributed by atoms with Gasteiger partial charge in [-0.3, -0.25) is 9.20 Å². The molecule has 0 N–H and O–H groups in total. The molecule has 15 heavy (non-hydrogen) atoms. The van der Waals surface area contributed by atoms with Gasteiger partial charge in [-0.15, -0.1) is 0 Å². The van der Waals surface area contributed by atoms with E-state index in [0.29, 0.717) is 12.0 Å². The summed E-state index contributed by atoms with van der Waals surface area (Å²) in [5, 5.41) is 0. The quantitative estimate of drug-likeness (QED) is 0.559. The molecule has 0 aliphatic carbocycles. The molecule has 0 aliphatic heterocycles. The predicted octanol–water partition coefficient (Wildman–Crippen LogP) is 2.00. The highest BCUT2D eigenvalue weighted by molar-refractivity contribution is 6.41. The zero-order valence-corrected chi connectivity index (χ0v) is 8.90. The van der Waals surface area contributed by atoms with E-state index in [1.807, 2.05) is 49.8 Å². The second-order valence-electron chi connectivity index (χ2n) is 3.51. The van der Waals surface area contributed by atoms with E-state index in [2.05, 4.69) is 4.98 Å². The molecular weight excluding hydrogens is 187 g/mol. The van der Waals surface area contributed by atoms with E-state index in [9.17, 15) is 4.79 Å². The molecule has 0 spiro atoms. The summed E-state index contributed by atoms with van der Waals surface area (Å²) in [4.78, 5) is 16.2. The minimum Gasteiger partial charge on any atom is -0.297 e. The first-order chi connectivity index (χ1) is 7.24. The minimum absolute atomic E-state index is 0.119. The Morgan fingerprint density at radius 3 is 3.07 bits per heavy atom. The fourth-order valence-corrected chi connectivity index (χ4v) is 1.73. The maximum atomic E-state index is 11.8. The predicted molar refractivity (Wildman–Crippen MR) is 60.7 cm³/mol. The maximum absolute atomic E-state index is 11.8. The van der Waals surface area contributed by atoms with Gasteiger partial charge in [0.1, 0.15) is 18.6 Å². The molecule has 2 rings (SSSR count). The van der Waals surface area contributed by atoms with Crippen molar-refractivity contribution < 1.29 is 4.79 Å². The number of fused-ring (bicyclic) bond motifs is 1. The Morgan fingerprint density at radius 2 is 2.33 bits per heavy atom. The molecule has 0 fully saturated rings. The Balaban J connectivity index is 2.58. The monoisotopic (exact) mass is 199 g/mol. The van der Waals surface area contributed by atoms with Crippen molar-refractivity contribution in [2.24, 2.45) is 0 Å². The Morgan fingerprint density at radius 1 is 1.53 bits per heavy atom. The van der Waals surface area contributed by atoms with Crippen LogP contribution in [0.15, 0.2) is 24.4 Å². The summed E-state index contributed by atoms with van der Waals surface area (Å²) in [6.07, 6.45) is 2.34. The molecule has 4 heteroatoms. The lowest BCUT2D eigenvalue weighted by Crippen LogP contribution is -2.06. The average molecular weight is 199 g/mol. The van der Waals surface area contributed by atoms with E-state index in [1.54, 1.807) is 0 Å². The molecule has 1 radical (unpaired) electrons. The van der Waals surface area contributed by atoms with Crippen molar-refractivity contribution >= 4 is 18.7 Å². The van der Waals surface area contributed by atoms with Crippen LogP contribution in [0.5, 0.6) is 0 Å². The summed E-state index contributed by atoms with van der Waals surface area (Å²) in [6, 6.07) is 5.72. The number of rotatable bonds is 3. The zero-order valence-electron chi connectivity index (χ0n) is 8.90. The van der Waals surface area contributed by atoms with Crippen molar-refractivity contribution in [3.63, 3.8) is 0 Å². The van der Waals surface area contributed by atoms with Crippen LogP contribution >= 0.6 is 0 Å². The van der Waals surface area contributed by atoms with Gasteiger partial charge in [-0.25, -0.2) is 4.98 Å². The van der Waals surface area contributed by atoms with E-state index in [0.717, 1.165) is 11.3 Å². The third-order valence-electron chi connectivity index (χ3n) is 2.36. The first kappa shape index (κ1) is 9.96. The van der Waals surface area contributed by atoms with Crippen molar-refractivity contribution in [1.82, 2.24) is 9.38 Å². The molecule has 0 atom stereocenters. The van der Waals surface area contributed by atoms with E-state index >= 15 is 0 Å². The van der Waals surface area contributed by atoms with Crippen molar-refractivity contribution in [2.45, 2.75) is 20.1 Å². The van der Waals surface area contributed by atoms with Gasteiger partial charge in [0.05, 0.1) is 5.69 Å². The summed E-state index contributed by atoms with van der Waals surface area (Å²) >= 11 is 0. The lowest BCUT2D eigenvalue weighted by molar-refractivity contribution is 0.101. The Bertz CT molecular complexity index is 504. The topological polar surface area (TPSA) is 34.4 Å². The van der Waals surface area contributed by atoms with Gasteiger partial charge in [0.15, 0.2) is 5.78 Å². The van der Waals surface area contributed by atoms with E-state index in [1.165, 1.54) is 0 Å². The first-order valence-electron chi connectivity index (χ1n) is 4.98. The van der Waals surface area contributed by atoms with Crippen LogP contribution in [0.4, 0.5) is 0 Å². The smallest absolute Gasteiger partial charge is 0.173 e. The van der Waals surface area contributed by atoms with Gasteiger partial charge in [-0.05, 0) is 25.4 Å². The number of ketones is 1. The number of carbonyl (C=O) groups is 1. The summed E-state index contributed by atoms with van der Waals surface area (Å²) in [7, 11) is 1.87. The minimum atomic E-state index is 0.119. The van der Waals surface area contributed by atoms with Crippen LogP contribution < -0.4 is 0 Å². The lowest BCUT2D eigenvalue weighted by atomic mass is 9.75. The number of carbonyl (C=O) groups excluding carboxylic acids is 1. The second kappa shape index (κ2) is 3.89. The number of Topliss-reactive ketones (excluding diaryl/α,β-unsaturated/α-hetero) is 1. The van der Waals surface area contributed by atoms with Crippen LogP contribution in [0.25, 0.3) is 5.65 Å². The molecule has 3 nitrogen and oxygen atoms in total. The van der Waals surface area contributed by atoms with Gasteiger partial charge in [-0.2, -0.15) is 0 Å². The van der Waals surface area contributed by atoms with Crippen LogP contribution in [0.2, 0.25) is 13.1 Å². The molecule has 0 bridgehead atoms. The van der Waals surface area contributed by atoms with Crippen LogP contribution in [0, 0.1) is 6.92 Å². The maximum Gasteiger partial charge on any atom is 0.173 e. The summed E-state index contributed by atoms with van der Waals surface area (Å²) in [5.41, 5.74) is 2.33. The fraction of sp³-hybridized carbons (Fsp3) is 0.273. The number of aromatic nitrogens is 2. The van der Waals surface area contributed by atoms with Gasteiger partial charge < -0.3 is 0 Å². The molecule has 0 amide bonds. The highest BCUT2D eigenvalue weighted by Crippen LogP contribution is 2.13. The average Bonchev–Trinajstić information content (AvgIpc) is 2.54. The molecule has 0 saturated heterocycles. The molecule has 0 aliphatic rings. The Labute approximate surface area is 89.4 Å². The van der Waals surface area contributed by atoms with Gasteiger partial charge in [0, 0.05) is 6.20 Å². The lowest BCUT2D eigenvalue weighted by Gasteiger charge is -1.99. The van der Waals surface area contributed by atoms with Crippen LogP contribution in [0.1, 0.15) is 16.2 Å². The van der Waals surface area contributed by atoms with Crippen molar-refractivity contribution in [1.29, 1.82) is 0 Å². The van der Waals surface area contributed by atoms with Gasteiger partial charge in [-0.1, -0.05) is 12.9 Å². The molecule has 0 saturated carbocycles. The standard InChI is InChI=1S/C11H12BN2O/c1-8-11(9(15)7-12-2)14-6-4-3-5-10(14)13-8/h3-6H,7H2,1-2H3. The Hall–Kier alpha value is -1.58. The molecule has 0 aromatic carbocycles. The third-order valence-corrected chi connectivity index (χ3v) is 2.36. The van der Waals surface area contributed by atoms with E-state index in [-0.39, 0.29) is 5.78 Å². The number of hydrogen-bond donors (Lipinski definition) is 0. The van der Waals surface area contributed by atoms with Crippen LogP contribution in [-0.4, -0.2) is 22.4 Å². The number of imidazole rings is 1.